The minimum absolute atomic E-state index is 0.966. The van der Waals surface area contributed by atoms with Crippen LogP contribution in [0.1, 0.15) is 12.6 Å². The van der Waals surface area contributed by atoms with Crippen LogP contribution in [0, 0.1) is 0 Å². The van der Waals surface area contributed by atoms with E-state index >= 15 is 0 Å². The summed E-state index contributed by atoms with van der Waals surface area (Å²) in [7, 11) is 0. The molecule has 2 aromatic rings. The SMILES string of the molecule is CCc1cn(-c2cccnc2)cn1. The van der Waals surface area contributed by atoms with E-state index in [9.17, 15) is 0 Å². The first-order valence-corrected chi connectivity index (χ1v) is 4.33. The fraction of sp³-hybridized carbons (Fsp3) is 0.200. The zero-order valence-electron chi connectivity index (χ0n) is 7.51. The van der Waals surface area contributed by atoms with Crippen molar-refractivity contribution in [2.75, 3.05) is 0 Å². The molecule has 0 N–H and O–H groups in total. The van der Waals surface area contributed by atoms with E-state index in [1.165, 1.54) is 0 Å². The molecule has 0 fully saturated rings. The van der Waals surface area contributed by atoms with Gasteiger partial charge in [-0.2, -0.15) is 0 Å². The van der Waals surface area contributed by atoms with Gasteiger partial charge in [-0.25, -0.2) is 4.98 Å². The van der Waals surface area contributed by atoms with Crippen LogP contribution in [0.15, 0.2) is 37.1 Å². The number of rotatable bonds is 2. The summed E-state index contributed by atoms with van der Waals surface area (Å²) in [5, 5.41) is 0. The maximum Gasteiger partial charge on any atom is 0.0995 e. The quantitative estimate of drug-likeness (QED) is 0.693. The second-order valence-electron chi connectivity index (χ2n) is 2.84. The van der Waals surface area contributed by atoms with Crippen molar-refractivity contribution in [3.8, 4) is 5.69 Å². The Morgan fingerprint density at radius 1 is 1.46 bits per heavy atom. The van der Waals surface area contributed by atoms with Crippen LogP contribution in [0.4, 0.5) is 0 Å². The van der Waals surface area contributed by atoms with Gasteiger partial charge in [0.1, 0.15) is 0 Å². The van der Waals surface area contributed by atoms with Gasteiger partial charge in [-0.1, -0.05) is 6.92 Å². The van der Waals surface area contributed by atoms with Crippen molar-refractivity contribution in [1.29, 1.82) is 0 Å². The molecule has 0 atom stereocenters. The van der Waals surface area contributed by atoms with Crippen LogP contribution in [0.25, 0.3) is 5.69 Å². The summed E-state index contributed by atoms with van der Waals surface area (Å²) in [6.07, 6.45) is 8.39. The predicted molar refractivity (Wildman–Crippen MR) is 50.7 cm³/mol. The van der Waals surface area contributed by atoms with Crippen LogP contribution in [0.2, 0.25) is 0 Å². The van der Waals surface area contributed by atoms with Gasteiger partial charge in [0.05, 0.1) is 23.9 Å². The summed E-state index contributed by atoms with van der Waals surface area (Å²) >= 11 is 0. The molecule has 0 aliphatic rings. The molecule has 0 amide bonds. The average Bonchev–Trinajstić information content (AvgIpc) is 2.67. The summed E-state index contributed by atoms with van der Waals surface area (Å²) in [4.78, 5) is 8.29. The van der Waals surface area contributed by atoms with Crippen molar-refractivity contribution in [2.24, 2.45) is 0 Å². The lowest BCUT2D eigenvalue weighted by Crippen LogP contribution is -1.89. The number of nitrogens with zero attached hydrogens (tertiary/aromatic N) is 3. The normalized spacial score (nSPS) is 10.2. The molecule has 0 aliphatic carbocycles. The average molecular weight is 173 g/mol. The summed E-state index contributed by atoms with van der Waals surface area (Å²) < 4.78 is 1.98. The highest BCUT2D eigenvalue weighted by atomic mass is 15.0. The molecule has 2 aromatic heterocycles. The number of aryl methyl sites for hydroxylation is 1. The van der Waals surface area contributed by atoms with Gasteiger partial charge in [-0.05, 0) is 18.6 Å². The number of hydrogen-bond acceptors (Lipinski definition) is 2. The van der Waals surface area contributed by atoms with Crippen molar-refractivity contribution >= 4 is 0 Å². The van der Waals surface area contributed by atoms with E-state index in [-0.39, 0.29) is 0 Å². The fourth-order valence-electron chi connectivity index (χ4n) is 1.19. The van der Waals surface area contributed by atoms with Crippen molar-refractivity contribution in [2.45, 2.75) is 13.3 Å². The highest BCUT2D eigenvalue weighted by molar-refractivity contribution is 5.28. The molecular weight excluding hydrogens is 162 g/mol. The highest BCUT2D eigenvalue weighted by Crippen LogP contribution is 2.06. The van der Waals surface area contributed by atoms with Crippen molar-refractivity contribution in [3.05, 3.63) is 42.7 Å². The minimum Gasteiger partial charge on any atom is -0.304 e. The third kappa shape index (κ3) is 1.59. The molecule has 0 aromatic carbocycles. The topological polar surface area (TPSA) is 30.7 Å². The number of imidazole rings is 1. The molecule has 66 valence electrons. The molecule has 0 saturated heterocycles. The summed E-state index contributed by atoms with van der Waals surface area (Å²) in [6.45, 7) is 2.09. The Hall–Kier alpha value is -1.64. The number of hydrogen-bond donors (Lipinski definition) is 0. The molecule has 13 heavy (non-hydrogen) atoms. The van der Waals surface area contributed by atoms with Crippen LogP contribution in [-0.4, -0.2) is 14.5 Å². The van der Waals surface area contributed by atoms with Gasteiger partial charge < -0.3 is 4.57 Å². The Balaban J connectivity index is 2.36. The zero-order valence-corrected chi connectivity index (χ0v) is 7.51. The van der Waals surface area contributed by atoms with Gasteiger partial charge in [-0.15, -0.1) is 0 Å². The largest absolute Gasteiger partial charge is 0.304 e. The van der Waals surface area contributed by atoms with Gasteiger partial charge in [0.2, 0.25) is 0 Å². The first-order chi connectivity index (χ1) is 6.40. The molecule has 3 heteroatoms. The maximum atomic E-state index is 4.25. The Morgan fingerprint density at radius 3 is 3.00 bits per heavy atom. The fourth-order valence-corrected chi connectivity index (χ4v) is 1.19. The molecule has 2 heterocycles. The lowest BCUT2D eigenvalue weighted by Gasteiger charge is -1.98. The van der Waals surface area contributed by atoms with E-state index in [0.29, 0.717) is 0 Å². The third-order valence-corrected chi connectivity index (χ3v) is 1.94. The Morgan fingerprint density at radius 2 is 2.38 bits per heavy atom. The van der Waals surface area contributed by atoms with Crippen LogP contribution >= 0.6 is 0 Å². The third-order valence-electron chi connectivity index (χ3n) is 1.94. The van der Waals surface area contributed by atoms with Gasteiger partial charge in [0.25, 0.3) is 0 Å². The van der Waals surface area contributed by atoms with Gasteiger partial charge >= 0.3 is 0 Å². The van der Waals surface area contributed by atoms with Crippen LogP contribution in [-0.2, 0) is 6.42 Å². The molecular formula is C10H11N3. The minimum atomic E-state index is 0.966. The van der Waals surface area contributed by atoms with Crippen LogP contribution in [0.5, 0.6) is 0 Å². The monoisotopic (exact) mass is 173 g/mol. The first-order valence-electron chi connectivity index (χ1n) is 4.33. The van der Waals surface area contributed by atoms with Gasteiger partial charge in [0, 0.05) is 12.4 Å². The Kier molecular flexibility index (Phi) is 2.08. The molecule has 0 saturated carbocycles. The van der Waals surface area contributed by atoms with E-state index in [1.54, 1.807) is 6.20 Å². The lowest BCUT2D eigenvalue weighted by atomic mass is 10.4. The summed E-state index contributed by atoms with van der Waals surface area (Å²) in [5.74, 6) is 0. The van der Waals surface area contributed by atoms with Crippen LogP contribution < -0.4 is 0 Å². The van der Waals surface area contributed by atoms with E-state index in [1.807, 2.05) is 35.4 Å². The number of pyridine rings is 1. The molecule has 0 radical (unpaired) electrons. The van der Waals surface area contributed by atoms with E-state index in [0.717, 1.165) is 17.8 Å². The summed E-state index contributed by atoms with van der Waals surface area (Å²) in [5.41, 5.74) is 2.15. The molecule has 2 rings (SSSR count). The number of aromatic nitrogens is 3. The van der Waals surface area contributed by atoms with E-state index in [2.05, 4.69) is 16.9 Å². The van der Waals surface area contributed by atoms with Gasteiger partial charge in [-0.3, -0.25) is 4.98 Å². The van der Waals surface area contributed by atoms with Crippen molar-refractivity contribution < 1.29 is 0 Å². The zero-order chi connectivity index (χ0) is 9.10. The second kappa shape index (κ2) is 3.39. The highest BCUT2D eigenvalue weighted by Gasteiger charge is 1.97. The van der Waals surface area contributed by atoms with Crippen molar-refractivity contribution in [1.82, 2.24) is 14.5 Å². The molecule has 3 nitrogen and oxygen atoms in total. The molecule has 0 unspecified atom stereocenters. The smallest absolute Gasteiger partial charge is 0.0995 e. The summed E-state index contributed by atoms with van der Waals surface area (Å²) in [6, 6.07) is 3.93. The Labute approximate surface area is 77.1 Å². The Bertz CT molecular complexity index is 378. The molecule has 0 spiro atoms. The van der Waals surface area contributed by atoms with Crippen LogP contribution in [0.3, 0.4) is 0 Å². The molecule has 0 aliphatic heterocycles. The first kappa shape index (κ1) is 7.98. The van der Waals surface area contributed by atoms with Crippen molar-refractivity contribution in [3.63, 3.8) is 0 Å². The molecule has 0 bridgehead atoms. The lowest BCUT2D eigenvalue weighted by molar-refractivity contribution is 1.04. The standard InChI is InChI=1S/C10H11N3/c1-2-9-7-13(8-12-9)10-4-3-5-11-6-10/h3-8H,2H2,1H3. The van der Waals surface area contributed by atoms with Gasteiger partial charge in [0.15, 0.2) is 0 Å². The van der Waals surface area contributed by atoms with E-state index in [4.69, 9.17) is 0 Å². The van der Waals surface area contributed by atoms with E-state index < -0.39 is 0 Å². The maximum absolute atomic E-state index is 4.25. The predicted octanol–water partition coefficient (Wildman–Crippen LogP) is 1.83. The second-order valence-corrected chi connectivity index (χ2v) is 2.84.